The number of likely N-dealkylation sites (tertiary alicyclic amines) is 1. The van der Waals surface area contributed by atoms with Crippen molar-refractivity contribution in [3.05, 3.63) is 33.8 Å². The molecule has 0 saturated carbocycles. The van der Waals surface area contributed by atoms with Crippen LogP contribution in [0.3, 0.4) is 0 Å². The van der Waals surface area contributed by atoms with Gasteiger partial charge in [0.1, 0.15) is 0 Å². The van der Waals surface area contributed by atoms with Crippen LogP contribution in [0.1, 0.15) is 22.3 Å². The van der Waals surface area contributed by atoms with Gasteiger partial charge in [0.2, 0.25) is 0 Å². The van der Waals surface area contributed by atoms with E-state index in [9.17, 15) is 4.79 Å². The molecule has 0 aliphatic carbocycles. The fraction of sp³-hybridized carbons (Fsp3) is 0.500. The highest BCUT2D eigenvalue weighted by molar-refractivity contribution is 9.10. The monoisotopic (exact) mass is 310 g/mol. The summed E-state index contributed by atoms with van der Waals surface area (Å²) in [6.45, 7) is 4.97. The maximum absolute atomic E-state index is 12.1. The van der Waals surface area contributed by atoms with Gasteiger partial charge in [-0.2, -0.15) is 0 Å². The van der Waals surface area contributed by atoms with Gasteiger partial charge in [-0.05, 0) is 60.9 Å². The molecule has 0 spiro atoms. The van der Waals surface area contributed by atoms with Crippen molar-refractivity contribution in [1.82, 2.24) is 10.2 Å². The predicted molar refractivity (Wildman–Crippen MR) is 76.8 cm³/mol. The van der Waals surface area contributed by atoms with Crippen LogP contribution < -0.4 is 5.32 Å². The molecule has 1 atom stereocenters. The first-order valence-electron chi connectivity index (χ1n) is 6.29. The largest absolute Gasteiger partial charge is 0.352 e. The highest BCUT2D eigenvalue weighted by Gasteiger charge is 2.20. The van der Waals surface area contributed by atoms with E-state index < -0.39 is 0 Å². The SMILES string of the molecule is Cc1ccc(Br)c(C(=O)NCC2CCN(C)C2)c1. The average Bonchev–Trinajstić information content (AvgIpc) is 2.75. The third-order valence-corrected chi connectivity index (χ3v) is 4.10. The summed E-state index contributed by atoms with van der Waals surface area (Å²) < 4.78 is 0.856. The Hall–Kier alpha value is -0.870. The van der Waals surface area contributed by atoms with E-state index in [1.807, 2.05) is 25.1 Å². The van der Waals surface area contributed by atoms with E-state index in [1.54, 1.807) is 0 Å². The number of hydrogen-bond acceptors (Lipinski definition) is 2. The quantitative estimate of drug-likeness (QED) is 0.930. The van der Waals surface area contributed by atoms with Crippen molar-refractivity contribution >= 4 is 21.8 Å². The van der Waals surface area contributed by atoms with Crippen molar-refractivity contribution in [2.45, 2.75) is 13.3 Å². The Morgan fingerprint density at radius 2 is 2.33 bits per heavy atom. The zero-order valence-corrected chi connectivity index (χ0v) is 12.5. The van der Waals surface area contributed by atoms with Gasteiger partial charge >= 0.3 is 0 Å². The summed E-state index contributed by atoms with van der Waals surface area (Å²) in [5.41, 5.74) is 1.82. The van der Waals surface area contributed by atoms with Crippen molar-refractivity contribution in [3.63, 3.8) is 0 Å². The Kier molecular flexibility index (Phi) is 4.40. The van der Waals surface area contributed by atoms with Gasteiger partial charge in [0, 0.05) is 17.6 Å². The molecule has 1 aliphatic rings. The zero-order chi connectivity index (χ0) is 13.1. The minimum atomic E-state index is 0.0140. The number of aryl methyl sites for hydroxylation is 1. The number of benzene rings is 1. The second-order valence-electron chi connectivity index (χ2n) is 5.11. The van der Waals surface area contributed by atoms with E-state index in [0.29, 0.717) is 5.92 Å². The number of carbonyl (C=O) groups excluding carboxylic acids is 1. The molecule has 0 radical (unpaired) electrons. The molecule has 1 aliphatic heterocycles. The van der Waals surface area contributed by atoms with Crippen molar-refractivity contribution < 1.29 is 4.79 Å². The van der Waals surface area contributed by atoms with Gasteiger partial charge < -0.3 is 10.2 Å². The molecule has 3 nitrogen and oxygen atoms in total. The van der Waals surface area contributed by atoms with E-state index in [4.69, 9.17) is 0 Å². The Bertz CT molecular complexity index is 447. The van der Waals surface area contributed by atoms with Crippen molar-refractivity contribution in [2.24, 2.45) is 5.92 Å². The lowest BCUT2D eigenvalue weighted by molar-refractivity contribution is 0.0946. The van der Waals surface area contributed by atoms with Gasteiger partial charge in [0.15, 0.2) is 0 Å². The molecule has 1 fully saturated rings. The number of nitrogens with one attached hydrogen (secondary N) is 1. The van der Waals surface area contributed by atoms with Crippen LogP contribution in [-0.2, 0) is 0 Å². The molecule has 0 aromatic heterocycles. The Balaban J connectivity index is 1.93. The van der Waals surface area contributed by atoms with Crippen LogP contribution in [0, 0.1) is 12.8 Å². The third-order valence-electron chi connectivity index (χ3n) is 3.41. The minimum absolute atomic E-state index is 0.0140. The Labute approximate surface area is 117 Å². The minimum Gasteiger partial charge on any atom is -0.352 e. The van der Waals surface area contributed by atoms with Gasteiger partial charge in [0.25, 0.3) is 5.91 Å². The van der Waals surface area contributed by atoms with Crippen LogP contribution in [0.25, 0.3) is 0 Å². The summed E-state index contributed by atoms with van der Waals surface area (Å²) >= 11 is 3.43. The fourth-order valence-electron chi connectivity index (χ4n) is 2.34. The van der Waals surface area contributed by atoms with E-state index in [-0.39, 0.29) is 5.91 Å². The van der Waals surface area contributed by atoms with E-state index in [1.165, 1.54) is 6.42 Å². The third kappa shape index (κ3) is 3.33. The smallest absolute Gasteiger partial charge is 0.252 e. The normalized spacial score (nSPS) is 20.1. The molecule has 1 aromatic rings. The van der Waals surface area contributed by atoms with Crippen molar-refractivity contribution in [2.75, 3.05) is 26.7 Å². The lowest BCUT2D eigenvalue weighted by Gasteiger charge is -2.12. The summed E-state index contributed by atoms with van der Waals surface area (Å²) in [4.78, 5) is 14.4. The van der Waals surface area contributed by atoms with Crippen molar-refractivity contribution in [1.29, 1.82) is 0 Å². The van der Waals surface area contributed by atoms with Crippen LogP contribution in [0.4, 0.5) is 0 Å². The molecule has 1 heterocycles. The lowest BCUT2D eigenvalue weighted by Crippen LogP contribution is -2.30. The second kappa shape index (κ2) is 5.85. The van der Waals surface area contributed by atoms with Crippen molar-refractivity contribution in [3.8, 4) is 0 Å². The number of carbonyl (C=O) groups is 1. The summed E-state index contributed by atoms with van der Waals surface area (Å²) in [6, 6.07) is 5.83. The second-order valence-corrected chi connectivity index (χ2v) is 5.96. The maximum Gasteiger partial charge on any atom is 0.252 e. The molecule has 2 rings (SSSR count). The van der Waals surface area contributed by atoms with Crippen LogP contribution in [0.15, 0.2) is 22.7 Å². The molecule has 0 bridgehead atoms. The van der Waals surface area contributed by atoms with Crippen LogP contribution in [0.5, 0.6) is 0 Å². The summed E-state index contributed by atoms with van der Waals surface area (Å²) in [5, 5.41) is 3.03. The molecule has 98 valence electrons. The molecule has 1 unspecified atom stereocenters. The molecule has 1 amide bonds. The van der Waals surface area contributed by atoms with Crippen LogP contribution in [-0.4, -0.2) is 37.5 Å². The van der Waals surface area contributed by atoms with E-state index in [0.717, 1.165) is 35.2 Å². The highest BCUT2D eigenvalue weighted by atomic mass is 79.9. The highest BCUT2D eigenvalue weighted by Crippen LogP contribution is 2.18. The van der Waals surface area contributed by atoms with Crippen LogP contribution in [0.2, 0.25) is 0 Å². The Morgan fingerprint density at radius 1 is 1.56 bits per heavy atom. The summed E-state index contributed by atoms with van der Waals surface area (Å²) in [6.07, 6.45) is 1.17. The van der Waals surface area contributed by atoms with Gasteiger partial charge in [0.05, 0.1) is 5.56 Å². The van der Waals surface area contributed by atoms with Gasteiger partial charge in [-0.15, -0.1) is 0 Å². The summed E-state index contributed by atoms with van der Waals surface area (Å²) in [7, 11) is 2.12. The van der Waals surface area contributed by atoms with Crippen LogP contribution >= 0.6 is 15.9 Å². The lowest BCUT2D eigenvalue weighted by atomic mass is 10.1. The molecular weight excluding hydrogens is 292 g/mol. The van der Waals surface area contributed by atoms with E-state index in [2.05, 4.69) is 33.2 Å². The zero-order valence-electron chi connectivity index (χ0n) is 10.9. The molecule has 4 heteroatoms. The maximum atomic E-state index is 12.1. The number of hydrogen-bond donors (Lipinski definition) is 1. The van der Waals surface area contributed by atoms with Gasteiger partial charge in [-0.1, -0.05) is 11.6 Å². The molecular formula is C14H19BrN2O. The topological polar surface area (TPSA) is 32.3 Å². The van der Waals surface area contributed by atoms with E-state index >= 15 is 0 Å². The number of rotatable bonds is 3. The molecule has 1 saturated heterocycles. The number of amides is 1. The first-order chi connectivity index (χ1) is 8.56. The fourth-order valence-corrected chi connectivity index (χ4v) is 2.76. The Morgan fingerprint density at radius 3 is 3.00 bits per heavy atom. The summed E-state index contributed by atoms with van der Waals surface area (Å²) in [5.74, 6) is 0.600. The first-order valence-corrected chi connectivity index (χ1v) is 7.08. The molecule has 18 heavy (non-hydrogen) atoms. The van der Waals surface area contributed by atoms with Gasteiger partial charge in [-0.3, -0.25) is 4.79 Å². The first kappa shape index (κ1) is 13.6. The van der Waals surface area contributed by atoms with Gasteiger partial charge in [-0.25, -0.2) is 0 Å². The standard InChI is InChI=1S/C14H19BrN2O/c1-10-3-4-13(15)12(7-10)14(18)16-8-11-5-6-17(2)9-11/h3-4,7,11H,5-6,8-9H2,1-2H3,(H,16,18). The predicted octanol–water partition coefficient (Wildman–Crippen LogP) is 2.44. The molecule has 1 N–H and O–H groups in total. The average molecular weight is 311 g/mol. The number of halogens is 1. The number of nitrogens with zero attached hydrogens (tertiary/aromatic N) is 1. The molecule has 1 aromatic carbocycles.